The molecule has 0 spiro atoms. The van der Waals surface area contributed by atoms with Crippen LogP contribution in [0, 0.1) is 11.8 Å². The Kier molecular flexibility index (Phi) is 7.00. The molecule has 0 saturated heterocycles. The van der Waals surface area contributed by atoms with Crippen LogP contribution in [0.3, 0.4) is 0 Å². The Morgan fingerprint density at radius 2 is 1.50 bits per heavy atom. The van der Waals surface area contributed by atoms with Gasteiger partial charge in [-0.2, -0.15) is 0 Å². The predicted octanol–water partition coefficient (Wildman–Crippen LogP) is 4.32. The summed E-state index contributed by atoms with van der Waals surface area (Å²) in [5, 5.41) is 8.42. The molecule has 0 heterocycles. The van der Waals surface area contributed by atoms with Crippen molar-refractivity contribution in [2.45, 2.75) is 52.4 Å². The van der Waals surface area contributed by atoms with E-state index >= 15 is 0 Å². The van der Waals surface area contributed by atoms with E-state index in [4.69, 9.17) is 16.7 Å². The molecule has 2 aliphatic carbocycles. The van der Waals surface area contributed by atoms with Gasteiger partial charge in [-0.25, -0.2) is 0 Å². The van der Waals surface area contributed by atoms with Gasteiger partial charge < -0.3 is 5.11 Å². The third kappa shape index (κ3) is 5.91. The summed E-state index contributed by atoms with van der Waals surface area (Å²) in [6.07, 6.45) is 9.44. The van der Waals surface area contributed by atoms with Crippen LogP contribution in [0.25, 0.3) is 0 Å². The number of allylic oxidation sites excluding steroid dienone is 4. The van der Waals surface area contributed by atoms with Gasteiger partial charge in [0.1, 0.15) is 0 Å². The number of hydrogen-bond donors (Lipinski definition) is 1. The largest absolute Gasteiger partial charge is 0.481 e. The number of aliphatic carboxylic acids is 1. The number of carboxylic acids is 1. The minimum absolute atomic E-state index is 0.0883. The van der Waals surface area contributed by atoms with E-state index in [9.17, 15) is 9.59 Å². The Hall–Kier alpha value is -1.09. The number of hydrogen-bond acceptors (Lipinski definition) is 2. The van der Waals surface area contributed by atoms with Gasteiger partial charge >= 0.3 is 5.97 Å². The third-order valence-electron chi connectivity index (χ3n) is 3.95. The van der Waals surface area contributed by atoms with Gasteiger partial charge in [0.25, 0.3) is 0 Å². The van der Waals surface area contributed by atoms with Crippen LogP contribution in [0.5, 0.6) is 0 Å². The van der Waals surface area contributed by atoms with Crippen LogP contribution in [0.2, 0.25) is 0 Å². The topological polar surface area (TPSA) is 54.4 Å². The average molecular weight is 299 g/mol. The van der Waals surface area contributed by atoms with Crippen molar-refractivity contribution in [1.82, 2.24) is 0 Å². The van der Waals surface area contributed by atoms with Gasteiger partial charge in [0, 0.05) is 5.92 Å². The number of halogens is 1. The van der Waals surface area contributed by atoms with Crippen molar-refractivity contribution < 1.29 is 14.7 Å². The van der Waals surface area contributed by atoms with Crippen molar-refractivity contribution in [2.75, 3.05) is 0 Å². The Bertz CT molecular complexity index is 383. The van der Waals surface area contributed by atoms with Crippen LogP contribution >= 0.6 is 11.6 Å². The summed E-state index contributed by atoms with van der Waals surface area (Å²) in [4.78, 5) is 21.1. The van der Waals surface area contributed by atoms with Crippen LogP contribution in [0.1, 0.15) is 52.4 Å². The number of rotatable bonds is 2. The van der Waals surface area contributed by atoms with Crippen LogP contribution < -0.4 is 0 Å². The molecule has 0 amide bonds. The van der Waals surface area contributed by atoms with Gasteiger partial charge in [-0.1, -0.05) is 23.3 Å². The zero-order chi connectivity index (χ0) is 15.1. The van der Waals surface area contributed by atoms with Gasteiger partial charge in [-0.3, -0.25) is 9.59 Å². The summed E-state index contributed by atoms with van der Waals surface area (Å²) in [5.41, 5.74) is 2.71. The smallest absolute Gasteiger partial charge is 0.306 e. The lowest BCUT2D eigenvalue weighted by molar-refractivity contribution is -0.141. The highest BCUT2D eigenvalue weighted by atomic mass is 35.5. The first-order valence-electron chi connectivity index (χ1n) is 7.13. The molecule has 1 N–H and O–H groups in total. The Morgan fingerprint density at radius 1 is 1.05 bits per heavy atom. The fourth-order valence-electron chi connectivity index (χ4n) is 2.36. The lowest BCUT2D eigenvalue weighted by Crippen LogP contribution is -2.15. The van der Waals surface area contributed by atoms with Crippen molar-refractivity contribution >= 4 is 22.8 Å². The monoisotopic (exact) mass is 298 g/mol. The molecule has 0 aromatic carbocycles. The van der Waals surface area contributed by atoms with E-state index in [1.807, 2.05) is 6.08 Å². The van der Waals surface area contributed by atoms with Crippen molar-refractivity contribution in [1.29, 1.82) is 0 Å². The molecule has 0 bridgehead atoms. The molecule has 0 aliphatic heterocycles. The molecule has 2 rings (SSSR count). The highest BCUT2D eigenvalue weighted by molar-refractivity contribution is 6.64. The van der Waals surface area contributed by atoms with Crippen LogP contribution in [0.15, 0.2) is 23.3 Å². The zero-order valence-electron chi connectivity index (χ0n) is 12.2. The normalized spacial score (nSPS) is 25.8. The maximum absolute atomic E-state index is 10.6. The van der Waals surface area contributed by atoms with Gasteiger partial charge in [0.2, 0.25) is 5.24 Å². The minimum Gasteiger partial charge on any atom is -0.481 e. The van der Waals surface area contributed by atoms with Crippen molar-refractivity contribution in [3.8, 4) is 0 Å². The molecule has 0 aromatic rings. The molecule has 0 saturated carbocycles. The van der Waals surface area contributed by atoms with Crippen LogP contribution in [0.4, 0.5) is 0 Å². The molecule has 0 unspecified atom stereocenters. The molecule has 0 radical (unpaired) electrons. The fourth-order valence-corrected chi connectivity index (χ4v) is 2.56. The first-order chi connectivity index (χ1) is 9.40. The maximum atomic E-state index is 10.6. The lowest BCUT2D eigenvalue weighted by Gasteiger charge is -2.15. The van der Waals surface area contributed by atoms with Gasteiger partial charge in [0.15, 0.2) is 0 Å². The van der Waals surface area contributed by atoms with E-state index in [1.54, 1.807) is 0 Å². The van der Waals surface area contributed by atoms with E-state index < -0.39 is 5.97 Å². The molecule has 112 valence electrons. The molecular formula is C16H23ClO3. The second-order valence-electron chi connectivity index (χ2n) is 5.69. The Labute approximate surface area is 125 Å². The SMILES string of the molecule is CC1=CC[C@H](C(=O)Cl)CC1.CC1=CC[C@H](C(=O)O)CC1. The fraction of sp³-hybridized carbons (Fsp3) is 0.625. The highest BCUT2D eigenvalue weighted by Crippen LogP contribution is 2.24. The first kappa shape index (κ1) is 17.0. The molecule has 4 heteroatoms. The summed E-state index contributed by atoms with van der Waals surface area (Å²) in [7, 11) is 0. The van der Waals surface area contributed by atoms with Gasteiger partial charge in [0.05, 0.1) is 5.92 Å². The van der Waals surface area contributed by atoms with E-state index in [-0.39, 0.29) is 17.1 Å². The second-order valence-corrected chi connectivity index (χ2v) is 6.06. The van der Waals surface area contributed by atoms with Crippen LogP contribution in [-0.4, -0.2) is 16.3 Å². The highest BCUT2D eigenvalue weighted by Gasteiger charge is 2.19. The van der Waals surface area contributed by atoms with Gasteiger partial charge in [-0.15, -0.1) is 0 Å². The molecule has 0 aromatic heterocycles. The maximum Gasteiger partial charge on any atom is 0.306 e. The summed E-state index contributed by atoms with van der Waals surface area (Å²) in [6, 6.07) is 0. The Balaban J connectivity index is 0.000000200. The second kappa shape index (κ2) is 8.25. The van der Waals surface area contributed by atoms with Crippen molar-refractivity contribution in [2.24, 2.45) is 11.8 Å². The molecule has 2 atom stereocenters. The van der Waals surface area contributed by atoms with E-state index in [2.05, 4.69) is 19.9 Å². The van der Waals surface area contributed by atoms with E-state index in [0.29, 0.717) is 0 Å². The summed E-state index contributed by atoms with van der Waals surface area (Å²) >= 11 is 5.34. The Morgan fingerprint density at radius 3 is 1.80 bits per heavy atom. The lowest BCUT2D eigenvalue weighted by atomic mass is 9.90. The van der Waals surface area contributed by atoms with Gasteiger partial charge in [-0.05, 0) is 64.0 Å². The molecular weight excluding hydrogens is 276 g/mol. The molecule has 0 fully saturated rings. The quantitative estimate of drug-likeness (QED) is 0.610. The predicted molar refractivity (Wildman–Crippen MR) is 80.7 cm³/mol. The molecule has 2 aliphatic rings. The standard InChI is InChI=1S/C8H11ClO.C8H12O2/c2*1-6-2-4-7(5-3-6)8(9)10/h2,7H,3-5H2,1H3;2,7H,3-5H2,1H3,(H,9,10)/t2*7-/m00/s1. The van der Waals surface area contributed by atoms with Crippen molar-refractivity contribution in [3.63, 3.8) is 0 Å². The van der Waals surface area contributed by atoms with E-state index in [0.717, 1.165) is 38.5 Å². The number of carbonyl (C=O) groups is 2. The minimum atomic E-state index is -0.649. The number of carboxylic acid groups (broad SMARTS) is 1. The van der Waals surface area contributed by atoms with E-state index in [1.165, 1.54) is 11.1 Å². The third-order valence-corrected chi connectivity index (χ3v) is 4.25. The summed E-state index contributed by atoms with van der Waals surface area (Å²) < 4.78 is 0. The van der Waals surface area contributed by atoms with Crippen molar-refractivity contribution in [3.05, 3.63) is 23.3 Å². The average Bonchev–Trinajstić information content (AvgIpc) is 2.40. The zero-order valence-corrected chi connectivity index (χ0v) is 12.9. The van der Waals surface area contributed by atoms with Crippen LogP contribution in [-0.2, 0) is 9.59 Å². The first-order valence-corrected chi connectivity index (χ1v) is 7.51. The summed E-state index contributed by atoms with van der Waals surface area (Å²) in [6.45, 7) is 4.15. The summed E-state index contributed by atoms with van der Waals surface area (Å²) in [5.74, 6) is -0.683. The number of carbonyl (C=O) groups excluding carboxylic acids is 1. The molecule has 20 heavy (non-hydrogen) atoms. The molecule has 3 nitrogen and oxygen atoms in total.